The Labute approximate surface area is 187 Å². The van der Waals surface area contributed by atoms with Crippen molar-refractivity contribution in [3.8, 4) is 0 Å². The average Bonchev–Trinajstić information content (AvgIpc) is 2.77. The number of carbonyl (C=O) groups is 3. The molecular formula is C25H28FN3O3. The van der Waals surface area contributed by atoms with E-state index in [-0.39, 0.29) is 36.2 Å². The first-order valence-electron chi connectivity index (χ1n) is 11.1. The van der Waals surface area contributed by atoms with Crippen LogP contribution in [0.1, 0.15) is 53.6 Å². The van der Waals surface area contributed by atoms with Crippen LogP contribution in [0.5, 0.6) is 0 Å². The zero-order chi connectivity index (χ0) is 22.8. The molecule has 6 nitrogen and oxygen atoms in total. The van der Waals surface area contributed by atoms with Crippen LogP contribution < -0.4 is 10.6 Å². The normalized spacial score (nSPS) is 22.7. The second-order valence-corrected chi connectivity index (χ2v) is 8.75. The molecule has 2 aromatic carbocycles. The van der Waals surface area contributed by atoms with Crippen molar-refractivity contribution in [3.05, 3.63) is 65.0 Å². The molecule has 2 aromatic rings. The Morgan fingerprint density at radius 3 is 2.50 bits per heavy atom. The highest BCUT2D eigenvalue weighted by atomic mass is 19.1. The van der Waals surface area contributed by atoms with E-state index in [2.05, 4.69) is 10.6 Å². The molecule has 0 radical (unpaired) electrons. The van der Waals surface area contributed by atoms with E-state index in [1.165, 1.54) is 24.3 Å². The van der Waals surface area contributed by atoms with Gasteiger partial charge in [0.1, 0.15) is 11.9 Å². The number of piperazine rings is 1. The van der Waals surface area contributed by atoms with Crippen molar-refractivity contribution in [1.82, 2.24) is 10.2 Å². The van der Waals surface area contributed by atoms with Gasteiger partial charge in [-0.3, -0.25) is 14.4 Å². The van der Waals surface area contributed by atoms with Gasteiger partial charge in [0.25, 0.3) is 5.91 Å². The predicted molar refractivity (Wildman–Crippen MR) is 120 cm³/mol. The third kappa shape index (κ3) is 4.52. The molecule has 1 saturated heterocycles. The van der Waals surface area contributed by atoms with Gasteiger partial charge in [-0.25, -0.2) is 4.39 Å². The smallest absolute Gasteiger partial charge is 0.254 e. The largest absolute Gasteiger partial charge is 0.349 e. The number of benzene rings is 2. The fourth-order valence-corrected chi connectivity index (χ4v) is 4.68. The molecule has 2 N–H and O–H groups in total. The van der Waals surface area contributed by atoms with Crippen molar-refractivity contribution < 1.29 is 18.8 Å². The minimum Gasteiger partial charge on any atom is -0.349 e. The summed E-state index contributed by atoms with van der Waals surface area (Å²) < 4.78 is 13.4. The molecule has 1 aliphatic heterocycles. The molecule has 1 saturated carbocycles. The summed E-state index contributed by atoms with van der Waals surface area (Å²) in [6.07, 6.45) is 3.34. The van der Waals surface area contributed by atoms with Gasteiger partial charge in [-0.1, -0.05) is 18.9 Å². The summed E-state index contributed by atoms with van der Waals surface area (Å²) in [5.74, 6) is -1.43. The lowest BCUT2D eigenvalue weighted by Gasteiger charge is -2.48. The van der Waals surface area contributed by atoms with E-state index in [0.29, 0.717) is 11.3 Å². The van der Waals surface area contributed by atoms with E-state index < -0.39 is 11.9 Å². The van der Waals surface area contributed by atoms with Gasteiger partial charge in [-0.2, -0.15) is 0 Å². The standard InChI is InChI=1S/C25H28FN3O3/c1-15-7-12-19(13-16(15)2)27-23(30)14-22-24(31)28-20-5-3-4-6-21(20)29(22)25(32)17-8-10-18(26)11-9-17/h7-13,20-22H,3-6,14H2,1-2H3,(H,27,30)(H,28,31)/t20-,21+,22+/m1/s1. The topological polar surface area (TPSA) is 78.5 Å². The van der Waals surface area contributed by atoms with Gasteiger partial charge in [-0.15, -0.1) is 0 Å². The number of fused-ring (bicyclic) bond motifs is 1. The van der Waals surface area contributed by atoms with E-state index in [1.54, 1.807) is 4.90 Å². The maximum absolute atomic E-state index is 13.4. The van der Waals surface area contributed by atoms with E-state index >= 15 is 0 Å². The summed E-state index contributed by atoms with van der Waals surface area (Å²) >= 11 is 0. The van der Waals surface area contributed by atoms with Crippen molar-refractivity contribution in [2.75, 3.05) is 5.32 Å². The summed E-state index contributed by atoms with van der Waals surface area (Å²) in [6.45, 7) is 3.96. The van der Waals surface area contributed by atoms with E-state index in [9.17, 15) is 18.8 Å². The van der Waals surface area contributed by atoms with Gasteiger partial charge in [-0.05, 0) is 74.2 Å². The third-order valence-corrected chi connectivity index (χ3v) is 6.55. The van der Waals surface area contributed by atoms with Crippen LogP contribution >= 0.6 is 0 Å². The molecule has 1 heterocycles. The molecule has 2 aliphatic rings. The van der Waals surface area contributed by atoms with Gasteiger partial charge in [0.2, 0.25) is 11.8 Å². The molecule has 4 rings (SSSR count). The molecule has 0 aromatic heterocycles. The molecule has 3 atom stereocenters. The average molecular weight is 438 g/mol. The molecule has 168 valence electrons. The second-order valence-electron chi connectivity index (χ2n) is 8.75. The third-order valence-electron chi connectivity index (χ3n) is 6.55. The Balaban J connectivity index is 1.58. The van der Waals surface area contributed by atoms with Crippen LogP contribution in [-0.4, -0.2) is 40.7 Å². The number of rotatable bonds is 4. The number of carbonyl (C=O) groups excluding carboxylic acids is 3. The molecule has 0 unspecified atom stereocenters. The van der Waals surface area contributed by atoms with Gasteiger partial charge >= 0.3 is 0 Å². The zero-order valence-electron chi connectivity index (χ0n) is 18.4. The quantitative estimate of drug-likeness (QED) is 0.765. The lowest BCUT2D eigenvalue weighted by atomic mass is 9.84. The van der Waals surface area contributed by atoms with Crippen molar-refractivity contribution in [3.63, 3.8) is 0 Å². The lowest BCUT2D eigenvalue weighted by molar-refractivity contribution is -0.135. The molecule has 0 spiro atoms. The van der Waals surface area contributed by atoms with E-state index in [0.717, 1.165) is 36.8 Å². The van der Waals surface area contributed by atoms with Crippen LogP contribution in [0.3, 0.4) is 0 Å². The molecule has 2 fully saturated rings. The first kappa shape index (κ1) is 22.0. The number of aryl methyl sites for hydroxylation is 2. The van der Waals surface area contributed by atoms with Crippen molar-refractivity contribution in [2.24, 2.45) is 0 Å². The summed E-state index contributed by atoms with van der Waals surface area (Å²) in [5.41, 5.74) is 3.14. The van der Waals surface area contributed by atoms with Crippen LogP contribution in [0.4, 0.5) is 10.1 Å². The molecular weight excluding hydrogens is 409 g/mol. The Hall–Kier alpha value is -3.22. The van der Waals surface area contributed by atoms with Gasteiger partial charge < -0.3 is 15.5 Å². The Kier molecular flexibility index (Phi) is 6.26. The van der Waals surface area contributed by atoms with Crippen molar-refractivity contribution >= 4 is 23.4 Å². The van der Waals surface area contributed by atoms with Crippen molar-refractivity contribution in [1.29, 1.82) is 0 Å². The highest BCUT2D eigenvalue weighted by Gasteiger charge is 2.46. The van der Waals surface area contributed by atoms with Crippen molar-refractivity contribution in [2.45, 2.75) is 64.1 Å². The Bertz CT molecular complexity index is 1040. The first-order valence-corrected chi connectivity index (χ1v) is 11.1. The SMILES string of the molecule is Cc1ccc(NC(=O)C[C@H]2C(=O)N[C@@H]3CCCC[C@@H]3N2C(=O)c2ccc(F)cc2)cc1C. The predicted octanol–water partition coefficient (Wildman–Crippen LogP) is 3.72. The Morgan fingerprint density at radius 2 is 1.78 bits per heavy atom. The minimum atomic E-state index is -0.918. The summed E-state index contributed by atoms with van der Waals surface area (Å²) in [7, 11) is 0. The number of nitrogens with zero attached hydrogens (tertiary/aromatic N) is 1. The van der Waals surface area contributed by atoms with Crippen LogP contribution in [0.25, 0.3) is 0 Å². The molecule has 1 aliphatic carbocycles. The summed E-state index contributed by atoms with van der Waals surface area (Å²) in [5, 5.41) is 5.88. The first-order chi connectivity index (χ1) is 15.3. The van der Waals surface area contributed by atoms with E-state index in [1.807, 2.05) is 32.0 Å². The number of anilines is 1. The monoisotopic (exact) mass is 437 g/mol. The number of amides is 3. The zero-order valence-corrected chi connectivity index (χ0v) is 18.4. The lowest BCUT2D eigenvalue weighted by Crippen LogP contribution is -2.68. The van der Waals surface area contributed by atoms with E-state index in [4.69, 9.17) is 0 Å². The summed E-state index contributed by atoms with van der Waals surface area (Å²) in [4.78, 5) is 40.8. The molecule has 32 heavy (non-hydrogen) atoms. The highest BCUT2D eigenvalue weighted by Crippen LogP contribution is 2.31. The van der Waals surface area contributed by atoms with Crippen LogP contribution in [-0.2, 0) is 9.59 Å². The molecule has 3 amide bonds. The molecule has 7 heteroatoms. The van der Waals surface area contributed by atoms with Gasteiger partial charge in [0, 0.05) is 17.3 Å². The summed E-state index contributed by atoms with van der Waals surface area (Å²) in [6, 6.07) is 9.72. The van der Waals surface area contributed by atoms with Crippen LogP contribution in [0, 0.1) is 19.7 Å². The number of halogens is 1. The maximum Gasteiger partial charge on any atom is 0.254 e. The number of nitrogens with one attached hydrogen (secondary N) is 2. The number of hydrogen-bond acceptors (Lipinski definition) is 3. The van der Waals surface area contributed by atoms with Gasteiger partial charge in [0.05, 0.1) is 12.5 Å². The van der Waals surface area contributed by atoms with Crippen LogP contribution in [0.2, 0.25) is 0 Å². The number of hydrogen-bond donors (Lipinski definition) is 2. The minimum absolute atomic E-state index is 0.125. The fraction of sp³-hybridized carbons (Fsp3) is 0.400. The van der Waals surface area contributed by atoms with Crippen LogP contribution in [0.15, 0.2) is 42.5 Å². The van der Waals surface area contributed by atoms with Gasteiger partial charge in [0.15, 0.2) is 0 Å². The maximum atomic E-state index is 13.4. The second kappa shape index (κ2) is 9.10. The molecule has 0 bridgehead atoms. The fourth-order valence-electron chi connectivity index (χ4n) is 4.68. The Morgan fingerprint density at radius 1 is 1.06 bits per heavy atom. The highest BCUT2D eigenvalue weighted by molar-refractivity contribution is 6.01.